The standard InChI is InChI=1S/C24H16FN3O4S/c25-18-10-14(29)6-7-16(18)24-27-12-15(33-24)11-26-22(30)13-5-8-21-19(9-13)28-23(31)17-3-1-2-4-20(17)32-21/h1-10,12,29H,11H2,(H,26,30)(H,28,31). The van der Waals surface area contributed by atoms with Crippen molar-refractivity contribution in [3.8, 4) is 27.8 Å². The Morgan fingerprint density at radius 2 is 1.94 bits per heavy atom. The largest absolute Gasteiger partial charge is 0.508 e. The van der Waals surface area contributed by atoms with Gasteiger partial charge in [-0.3, -0.25) is 9.59 Å². The number of thiazole rings is 1. The van der Waals surface area contributed by atoms with Crippen molar-refractivity contribution < 1.29 is 23.8 Å². The highest BCUT2D eigenvalue weighted by atomic mass is 32.1. The number of nitrogens with zero attached hydrogens (tertiary/aromatic N) is 1. The van der Waals surface area contributed by atoms with Gasteiger partial charge in [0.1, 0.15) is 22.3 Å². The second-order valence-electron chi connectivity index (χ2n) is 7.24. The third kappa shape index (κ3) is 4.13. The Labute approximate surface area is 191 Å². The summed E-state index contributed by atoms with van der Waals surface area (Å²) in [5.41, 5.74) is 1.42. The summed E-state index contributed by atoms with van der Waals surface area (Å²) in [7, 11) is 0. The minimum Gasteiger partial charge on any atom is -0.508 e. The van der Waals surface area contributed by atoms with Crippen molar-refractivity contribution >= 4 is 28.8 Å². The highest BCUT2D eigenvalue weighted by Crippen LogP contribution is 2.36. The first-order valence-corrected chi connectivity index (χ1v) is 10.7. The van der Waals surface area contributed by atoms with Crippen LogP contribution >= 0.6 is 11.3 Å². The number of phenols is 1. The van der Waals surface area contributed by atoms with Crippen molar-refractivity contribution in [3.63, 3.8) is 0 Å². The van der Waals surface area contributed by atoms with Crippen molar-refractivity contribution in [3.05, 3.63) is 88.7 Å². The molecule has 1 aliphatic heterocycles. The minimum absolute atomic E-state index is 0.161. The van der Waals surface area contributed by atoms with Crippen LogP contribution in [0.25, 0.3) is 10.6 Å². The first kappa shape index (κ1) is 20.7. The lowest BCUT2D eigenvalue weighted by molar-refractivity contribution is 0.0950. The van der Waals surface area contributed by atoms with E-state index in [9.17, 15) is 19.1 Å². The zero-order chi connectivity index (χ0) is 22.9. The summed E-state index contributed by atoms with van der Waals surface area (Å²) in [6.07, 6.45) is 1.56. The molecule has 0 atom stereocenters. The van der Waals surface area contributed by atoms with Crippen molar-refractivity contribution in [2.45, 2.75) is 6.54 Å². The summed E-state index contributed by atoms with van der Waals surface area (Å²) >= 11 is 1.24. The normalized spacial score (nSPS) is 12.1. The van der Waals surface area contributed by atoms with Gasteiger partial charge in [-0.05, 0) is 42.5 Å². The van der Waals surface area contributed by atoms with Gasteiger partial charge >= 0.3 is 0 Å². The van der Waals surface area contributed by atoms with Crippen molar-refractivity contribution in [1.82, 2.24) is 10.3 Å². The zero-order valence-electron chi connectivity index (χ0n) is 17.0. The number of aromatic nitrogens is 1. The van der Waals surface area contributed by atoms with Gasteiger partial charge in [0.25, 0.3) is 11.8 Å². The van der Waals surface area contributed by atoms with E-state index in [1.54, 1.807) is 48.7 Å². The van der Waals surface area contributed by atoms with Crippen molar-refractivity contribution in [1.29, 1.82) is 0 Å². The van der Waals surface area contributed by atoms with Crippen LogP contribution in [0.4, 0.5) is 10.1 Å². The third-order valence-corrected chi connectivity index (χ3v) is 6.03. The second kappa shape index (κ2) is 8.36. The number of nitrogens with one attached hydrogen (secondary N) is 2. The Kier molecular flexibility index (Phi) is 5.23. The summed E-state index contributed by atoms with van der Waals surface area (Å²) in [4.78, 5) is 30.1. The van der Waals surface area contributed by atoms with E-state index < -0.39 is 5.82 Å². The molecule has 9 heteroatoms. The van der Waals surface area contributed by atoms with Gasteiger partial charge in [0.15, 0.2) is 5.75 Å². The Morgan fingerprint density at radius 3 is 2.79 bits per heavy atom. The van der Waals surface area contributed by atoms with Crippen LogP contribution in [-0.4, -0.2) is 21.9 Å². The van der Waals surface area contributed by atoms with Gasteiger partial charge in [0.05, 0.1) is 17.8 Å². The molecule has 1 aliphatic rings. The molecule has 7 nitrogen and oxygen atoms in total. The summed E-state index contributed by atoms with van der Waals surface area (Å²) in [5.74, 6) is -0.520. The average molecular weight is 461 g/mol. The highest BCUT2D eigenvalue weighted by molar-refractivity contribution is 7.15. The van der Waals surface area contributed by atoms with E-state index in [-0.39, 0.29) is 29.7 Å². The van der Waals surface area contributed by atoms with Crippen LogP contribution in [0.1, 0.15) is 25.6 Å². The van der Waals surface area contributed by atoms with E-state index in [1.165, 1.54) is 23.5 Å². The molecule has 0 unspecified atom stereocenters. The maximum Gasteiger partial charge on any atom is 0.259 e. The predicted molar refractivity (Wildman–Crippen MR) is 121 cm³/mol. The number of carbonyl (C=O) groups excluding carboxylic acids is 2. The molecule has 0 aliphatic carbocycles. The van der Waals surface area contributed by atoms with Gasteiger partial charge in [0.2, 0.25) is 0 Å². The Hall–Kier alpha value is -4.24. The average Bonchev–Trinajstić information content (AvgIpc) is 3.22. The number of rotatable bonds is 4. The molecule has 5 rings (SSSR count). The molecule has 3 aromatic carbocycles. The van der Waals surface area contributed by atoms with Gasteiger partial charge in [-0.15, -0.1) is 11.3 Å². The van der Waals surface area contributed by atoms with Crippen LogP contribution in [-0.2, 0) is 6.54 Å². The lowest BCUT2D eigenvalue weighted by atomic mass is 10.1. The predicted octanol–water partition coefficient (Wildman–Crippen LogP) is 4.94. The molecule has 3 N–H and O–H groups in total. The topological polar surface area (TPSA) is 101 Å². The maximum atomic E-state index is 14.1. The summed E-state index contributed by atoms with van der Waals surface area (Å²) in [6.45, 7) is 0.196. The number of carbonyl (C=O) groups is 2. The van der Waals surface area contributed by atoms with Gasteiger partial charge < -0.3 is 20.5 Å². The molecule has 2 amide bonds. The molecule has 0 spiro atoms. The molecule has 33 heavy (non-hydrogen) atoms. The molecule has 0 bridgehead atoms. The van der Waals surface area contributed by atoms with E-state index in [4.69, 9.17) is 4.74 Å². The third-order valence-electron chi connectivity index (χ3n) is 5.00. The molecule has 164 valence electrons. The second-order valence-corrected chi connectivity index (χ2v) is 8.36. The first-order valence-electron chi connectivity index (χ1n) is 9.92. The Bertz CT molecular complexity index is 1400. The van der Waals surface area contributed by atoms with Crippen LogP contribution in [0.3, 0.4) is 0 Å². The molecule has 0 saturated carbocycles. The Morgan fingerprint density at radius 1 is 1.09 bits per heavy atom. The number of anilines is 1. The summed E-state index contributed by atoms with van der Waals surface area (Å²) in [5, 5.41) is 15.4. The molecule has 0 saturated heterocycles. The number of benzene rings is 3. The molecular weight excluding hydrogens is 445 g/mol. The molecule has 1 aromatic heterocycles. The van der Waals surface area contributed by atoms with Gasteiger partial charge in [-0.25, -0.2) is 9.37 Å². The van der Waals surface area contributed by atoms with Crippen LogP contribution in [0.5, 0.6) is 17.2 Å². The van der Waals surface area contributed by atoms with Gasteiger partial charge in [-0.1, -0.05) is 12.1 Å². The van der Waals surface area contributed by atoms with E-state index in [0.717, 1.165) is 10.9 Å². The fourth-order valence-electron chi connectivity index (χ4n) is 3.37. The number of phenolic OH excluding ortho intramolecular Hbond substituents is 1. The minimum atomic E-state index is -0.573. The van der Waals surface area contributed by atoms with Crippen LogP contribution in [0, 0.1) is 5.82 Å². The lowest BCUT2D eigenvalue weighted by Crippen LogP contribution is -2.22. The first-order chi connectivity index (χ1) is 16.0. The van der Waals surface area contributed by atoms with E-state index in [0.29, 0.717) is 33.3 Å². The highest BCUT2D eigenvalue weighted by Gasteiger charge is 2.21. The van der Waals surface area contributed by atoms with E-state index >= 15 is 0 Å². The molecule has 0 fully saturated rings. The van der Waals surface area contributed by atoms with Crippen LogP contribution in [0.15, 0.2) is 66.9 Å². The van der Waals surface area contributed by atoms with Gasteiger partial charge in [0, 0.05) is 28.3 Å². The number of hydrogen-bond acceptors (Lipinski definition) is 6. The summed E-state index contributed by atoms with van der Waals surface area (Å²) < 4.78 is 19.9. The lowest BCUT2D eigenvalue weighted by Gasteiger charge is -2.10. The Balaban J connectivity index is 1.29. The SMILES string of the molecule is O=C(NCc1cnc(-c2ccc(O)cc2F)s1)c1ccc2c(c1)NC(=O)c1ccccc1O2. The fraction of sp³-hybridized carbons (Fsp3) is 0.0417. The fourth-order valence-corrected chi connectivity index (χ4v) is 4.25. The quantitative estimate of drug-likeness (QED) is 0.400. The number of amides is 2. The number of para-hydroxylation sites is 1. The molecule has 2 heterocycles. The summed E-state index contributed by atoms with van der Waals surface area (Å²) in [6, 6.07) is 15.6. The number of fused-ring (bicyclic) bond motifs is 2. The monoisotopic (exact) mass is 461 g/mol. The number of ether oxygens (including phenoxy) is 1. The maximum absolute atomic E-state index is 14.1. The molecular formula is C24H16FN3O4S. The number of hydrogen-bond donors (Lipinski definition) is 3. The molecule has 4 aromatic rings. The van der Waals surface area contributed by atoms with Crippen LogP contribution in [0.2, 0.25) is 0 Å². The van der Waals surface area contributed by atoms with Crippen molar-refractivity contribution in [2.24, 2.45) is 0 Å². The molecule has 0 radical (unpaired) electrons. The number of aromatic hydroxyl groups is 1. The van der Waals surface area contributed by atoms with Crippen LogP contribution < -0.4 is 15.4 Å². The van der Waals surface area contributed by atoms with E-state index in [1.807, 2.05) is 0 Å². The van der Waals surface area contributed by atoms with Crippen molar-refractivity contribution in [2.75, 3.05) is 5.32 Å². The van der Waals surface area contributed by atoms with E-state index in [2.05, 4.69) is 15.6 Å². The number of halogens is 1. The van der Waals surface area contributed by atoms with Gasteiger partial charge in [-0.2, -0.15) is 0 Å². The smallest absolute Gasteiger partial charge is 0.259 e. The zero-order valence-corrected chi connectivity index (χ0v) is 17.8.